The Hall–Kier alpha value is -2.93. The standard InChI is InChI=1S/C22H18F2N2O2S/c23-17-2-1-3-18(24)21(17)22(27)26-16-5-7-20(25-13-16)29-11-9-14-4-6-19-15(12-14)8-10-28-19/h1-7,12-13H,8-11H2,(H,26,27). The van der Waals surface area contributed by atoms with Crippen molar-refractivity contribution < 1.29 is 18.3 Å². The quantitative estimate of drug-likeness (QED) is 0.586. The largest absolute Gasteiger partial charge is 0.493 e. The van der Waals surface area contributed by atoms with Crippen molar-refractivity contribution in [2.24, 2.45) is 0 Å². The van der Waals surface area contributed by atoms with Crippen molar-refractivity contribution in [1.82, 2.24) is 4.98 Å². The normalized spacial score (nSPS) is 12.3. The molecule has 1 aromatic heterocycles. The highest BCUT2D eigenvalue weighted by Crippen LogP contribution is 2.27. The Labute approximate surface area is 171 Å². The number of aromatic nitrogens is 1. The van der Waals surface area contributed by atoms with Gasteiger partial charge < -0.3 is 10.1 Å². The molecule has 2 aromatic carbocycles. The molecule has 7 heteroatoms. The van der Waals surface area contributed by atoms with Crippen molar-refractivity contribution >= 4 is 23.4 Å². The number of carbonyl (C=O) groups is 1. The van der Waals surface area contributed by atoms with Crippen LogP contribution < -0.4 is 10.1 Å². The monoisotopic (exact) mass is 412 g/mol. The van der Waals surface area contributed by atoms with Crippen LogP contribution >= 0.6 is 11.8 Å². The van der Waals surface area contributed by atoms with Crippen molar-refractivity contribution in [2.45, 2.75) is 17.9 Å². The van der Waals surface area contributed by atoms with Gasteiger partial charge in [-0.25, -0.2) is 13.8 Å². The van der Waals surface area contributed by atoms with Gasteiger partial charge in [0.15, 0.2) is 0 Å². The third kappa shape index (κ3) is 4.56. The van der Waals surface area contributed by atoms with E-state index in [1.807, 2.05) is 6.07 Å². The molecule has 0 atom stereocenters. The molecule has 0 fully saturated rings. The summed E-state index contributed by atoms with van der Waals surface area (Å²) in [6.07, 6.45) is 3.35. The van der Waals surface area contributed by atoms with Gasteiger partial charge in [0.1, 0.15) is 22.9 Å². The Morgan fingerprint density at radius 2 is 1.97 bits per heavy atom. The number of aryl methyl sites for hydroxylation is 1. The molecule has 0 unspecified atom stereocenters. The number of hydrogen-bond acceptors (Lipinski definition) is 4. The molecule has 0 aliphatic carbocycles. The molecule has 0 spiro atoms. The van der Waals surface area contributed by atoms with E-state index in [2.05, 4.69) is 22.4 Å². The molecule has 2 heterocycles. The second-order valence-electron chi connectivity index (χ2n) is 6.57. The third-order valence-electron chi connectivity index (χ3n) is 4.58. The lowest BCUT2D eigenvalue weighted by molar-refractivity contribution is 0.101. The van der Waals surface area contributed by atoms with Crippen LogP contribution in [0.4, 0.5) is 14.5 Å². The second kappa shape index (κ2) is 8.61. The van der Waals surface area contributed by atoms with Gasteiger partial charge in [0.25, 0.3) is 5.91 Å². The number of anilines is 1. The first-order valence-corrected chi connectivity index (χ1v) is 10.2. The zero-order valence-electron chi connectivity index (χ0n) is 15.5. The van der Waals surface area contributed by atoms with Crippen LogP contribution in [-0.2, 0) is 12.8 Å². The number of benzene rings is 2. The Bertz CT molecular complexity index is 1020. The number of rotatable bonds is 6. The summed E-state index contributed by atoms with van der Waals surface area (Å²) in [7, 11) is 0. The smallest absolute Gasteiger partial charge is 0.261 e. The number of hydrogen-bond donors (Lipinski definition) is 1. The molecule has 1 aliphatic rings. The summed E-state index contributed by atoms with van der Waals surface area (Å²) in [5.41, 5.74) is 2.29. The first kappa shape index (κ1) is 19.4. The summed E-state index contributed by atoms with van der Waals surface area (Å²) < 4.78 is 32.9. The highest BCUT2D eigenvalue weighted by atomic mass is 32.2. The SMILES string of the molecule is O=C(Nc1ccc(SCCc2ccc3c(c2)CCO3)nc1)c1c(F)cccc1F. The van der Waals surface area contributed by atoms with Gasteiger partial charge in [0.05, 0.1) is 23.5 Å². The summed E-state index contributed by atoms with van der Waals surface area (Å²) in [5.74, 6) is -0.806. The van der Waals surface area contributed by atoms with Crippen LogP contribution in [0.1, 0.15) is 21.5 Å². The predicted octanol–water partition coefficient (Wildman–Crippen LogP) is 4.88. The van der Waals surface area contributed by atoms with Crippen molar-refractivity contribution in [1.29, 1.82) is 0 Å². The second-order valence-corrected chi connectivity index (χ2v) is 7.69. The third-order valence-corrected chi connectivity index (χ3v) is 5.52. The minimum atomic E-state index is -0.902. The zero-order valence-corrected chi connectivity index (χ0v) is 16.3. The molecule has 0 saturated carbocycles. The van der Waals surface area contributed by atoms with Crippen LogP contribution in [0.15, 0.2) is 59.8 Å². The van der Waals surface area contributed by atoms with Crippen molar-refractivity contribution in [3.05, 3.63) is 83.1 Å². The fourth-order valence-corrected chi connectivity index (χ4v) is 3.96. The van der Waals surface area contributed by atoms with Crippen molar-refractivity contribution in [2.75, 3.05) is 17.7 Å². The van der Waals surface area contributed by atoms with Crippen LogP contribution in [0.5, 0.6) is 5.75 Å². The fraction of sp³-hybridized carbons (Fsp3) is 0.182. The van der Waals surface area contributed by atoms with Crippen LogP contribution in [-0.4, -0.2) is 23.3 Å². The Morgan fingerprint density at radius 1 is 1.14 bits per heavy atom. The summed E-state index contributed by atoms with van der Waals surface area (Å²) in [6, 6.07) is 13.0. The lowest BCUT2D eigenvalue weighted by Crippen LogP contribution is -2.15. The molecule has 148 valence electrons. The maximum absolute atomic E-state index is 13.7. The summed E-state index contributed by atoms with van der Waals surface area (Å²) >= 11 is 1.60. The molecule has 1 amide bonds. The number of nitrogens with zero attached hydrogens (tertiary/aromatic N) is 1. The maximum Gasteiger partial charge on any atom is 0.261 e. The first-order valence-electron chi connectivity index (χ1n) is 9.19. The van der Waals surface area contributed by atoms with E-state index < -0.39 is 23.1 Å². The molecule has 0 bridgehead atoms. The van der Waals surface area contributed by atoms with Crippen molar-refractivity contribution in [3.8, 4) is 5.75 Å². The number of fused-ring (bicyclic) bond motifs is 1. The number of ether oxygens (including phenoxy) is 1. The van der Waals surface area contributed by atoms with Gasteiger partial charge in [0, 0.05) is 12.2 Å². The molecule has 1 aliphatic heterocycles. The van der Waals surface area contributed by atoms with E-state index in [1.54, 1.807) is 23.9 Å². The lowest BCUT2D eigenvalue weighted by Gasteiger charge is -2.08. The highest BCUT2D eigenvalue weighted by molar-refractivity contribution is 7.99. The minimum absolute atomic E-state index is 0.376. The fourth-order valence-electron chi connectivity index (χ4n) is 3.12. The number of halogens is 2. The van der Waals surface area contributed by atoms with Gasteiger partial charge >= 0.3 is 0 Å². The first-order chi connectivity index (χ1) is 14.1. The zero-order chi connectivity index (χ0) is 20.2. The van der Waals surface area contributed by atoms with Crippen LogP contribution in [0.2, 0.25) is 0 Å². The van der Waals surface area contributed by atoms with E-state index in [0.717, 1.165) is 48.1 Å². The topological polar surface area (TPSA) is 51.2 Å². The molecule has 0 saturated heterocycles. The van der Waals surface area contributed by atoms with E-state index in [4.69, 9.17) is 4.74 Å². The van der Waals surface area contributed by atoms with Crippen LogP contribution in [0, 0.1) is 11.6 Å². The van der Waals surface area contributed by atoms with Gasteiger partial charge in [-0.1, -0.05) is 18.2 Å². The molecular weight excluding hydrogens is 394 g/mol. The van der Waals surface area contributed by atoms with E-state index in [1.165, 1.54) is 23.4 Å². The number of thioether (sulfide) groups is 1. The molecule has 1 N–H and O–H groups in total. The van der Waals surface area contributed by atoms with Gasteiger partial charge in [-0.3, -0.25) is 4.79 Å². The molecule has 3 aromatic rings. The summed E-state index contributed by atoms with van der Waals surface area (Å²) in [6.45, 7) is 0.754. The van der Waals surface area contributed by atoms with Crippen LogP contribution in [0.25, 0.3) is 0 Å². The van der Waals surface area contributed by atoms with E-state index in [9.17, 15) is 13.6 Å². The molecule has 4 rings (SSSR count). The predicted molar refractivity (Wildman–Crippen MR) is 109 cm³/mol. The average Bonchev–Trinajstić information content (AvgIpc) is 3.17. The lowest BCUT2D eigenvalue weighted by atomic mass is 10.1. The highest BCUT2D eigenvalue weighted by Gasteiger charge is 2.17. The minimum Gasteiger partial charge on any atom is -0.493 e. The number of pyridine rings is 1. The average molecular weight is 412 g/mol. The molecule has 0 radical (unpaired) electrons. The van der Waals surface area contributed by atoms with Gasteiger partial charge in [-0.05, 0) is 47.9 Å². The Morgan fingerprint density at radius 3 is 2.72 bits per heavy atom. The van der Waals surface area contributed by atoms with E-state index >= 15 is 0 Å². The van der Waals surface area contributed by atoms with Gasteiger partial charge in [-0.15, -0.1) is 11.8 Å². The van der Waals surface area contributed by atoms with Gasteiger partial charge in [-0.2, -0.15) is 0 Å². The van der Waals surface area contributed by atoms with Gasteiger partial charge in [0.2, 0.25) is 0 Å². The van der Waals surface area contributed by atoms with Crippen molar-refractivity contribution in [3.63, 3.8) is 0 Å². The summed E-state index contributed by atoms with van der Waals surface area (Å²) in [5, 5.41) is 3.28. The maximum atomic E-state index is 13.7. The Balaban J connectivity index is 1.32. The Kier molecular flexibility index (Phi) is 5.76. The molecule has 29 heavy (non-hydrogen) atoms. The molecular formula is C22H18F2N2O2S. The molecule has 4 nitrogen and oxygen atoms in total. The van der Waals surface area contributed by atoms with Crippen LogP contribution in [0.3, 0.4) is 0 Å². The number of carbonyl (C=O) groups excluding carboxylic acids is 1. The summed E-state index contributed by atoms with van der Waals surface area (Å²) in [4.78, 5) is 16.4. The van der Waals surface area contributed by atoms with E-state index in [0.29, 0.717) is 5.69 Å². The number of amides is 1. The van der Waals surface area contributed by atoms with E-state index in [-0.39, 0.29) is 0 Å². The number of nitrogens with one attached hydrogen (secondary N) is 1.